The zero-order valence-electron chi connectivity index (χ0n) is 12.2. The Bertz CT molecular complexity index is 397. The van der Waals surface area contributed by atoms with Crippen LogP contribution in [0, 0.1) is 0 Å². The van der Waals surface area contributed by atoms with Gasteiger partial charge in [-0.3, -0.25) is 0 Å². The van der Waals surface area contributed by atoms with Gasteiger partial charge in [0.25, 0.3) is 0 Å². The van der Waals surface area contributed by atoms with Crippen LogP contribution in [-0.2, 0) is 6.54 Å². The van der Waals surface area contributed by atoms with Gasteiger partial charge in [-0.15, -0.1) is 0 Å². The average Bonchev–Trinajstić information content (AvgIpc) is 2.84. The van der Waals surface area contributed by atoms with Gasteiger partial charge in [-0.25, -0.2) is 4.98 Å². The maximum Gasteiger partial charge on any atom is 0.128 e. The third-order valence-electron chi connectivity index (χ3n) is 3.51. The number of aliphatic hydroxyl groups is 1. The molecule has 0 bridgehead atoms. The van der Waals surface area contributed by atoms with Crippen LogP contribution >= 0.6 is 0 Å². The van der Waals surface area contributed by atoms with Gasteiger partial charge in [-0.05, 0) is 45.2 Å². The number of aromatic nitrogens is 1. The van der Waals surface area contributed by atoms with Crippen LogP contribution < -0.4 is 10.2 Å². The first kappa shape index (κ1) is 14.3. The third-order valence-corrected chi connectivity index (χ3v) is 3.51. The van der Waals surface area contributed by atoms with Gasteiger partial charge in [0, 0.05) is 24.8 Å². The molecule has 0 aliphatic carbocycles. The fraction of sp³-hybridized carbons (Fsp3) is 0.667. The molecule has 1 unspecified atom stereocenters. The van der Waals surface area contributed by atoms with Gasteiger partial charge < -0.3 is 15.3 Å². The lowest BCUT2D eigenvalue weighted by atomic mass is 10.1. The van der Waals surface area contributed by atoms with E-state index < -0.39 is 0 Å². The maximum absolute atomic E-state index is 9.35. The van der Waals surface area contributed by atoms with Crippen molar-refractivity contribution in [3.63, 3.8) is 0 Å². The van der Waals surface area contributed by atoms with Crippen molar-refractivity contribution in [3.8, 4) is 0 Å². The molecule has 2 rings (SSSR count). The molecular formula is C15H25N3O. The summed E-state index contributed by atoms with van der Waals surface area (Å²) in [5, 5.41) is 12.8. The molecule has 0 saturated carbocycles. The molecule has 1 atom stereocenters. The van der Waals surface area contributed by atoms with E-state index in [2.05, 4.69) is 48.1 Å². The van der Waals surface area contributed by atoms with Crippen molar-refractivity contribution in [2.45, 2.75) is 51.7 Å². The van der Waals surface area contributed by atoms with Crippen molar-refractivity contribution in [1.82, 2.24) is 10.3 Å². The lowest BCUT2D eigenvalue weighted by Crippen LogP contribution is -2.35. The lowest BCUT2D eigenvalue weighted by Gasteiger charge is -2.24. The van der Waals surface area contributed by atoms with Crippen LogP contribution in [0.15, 0.2) is 18.3 Å². The van der Waals surface area contributed by atoms with E-state index >= 15 is 0 Å². The number of aliphatic hydroxyl groups excluding tert-OH is 1. The van der Waals surface area contributed by atoms with Crippen LogP contribution in [0.2, 0.25) is 0 Å². The number of anilines is 1. The van der Waals surface area contributed by atoms with Crippen LogP contribution in [0.4, 0.5) is 5.82 Å². The van der Waals surface area contributed by atoms with Crippen LogP contribution in [0.3, 0.4) is 0 Å². The molecule has 1 aromatic heterocycles. The summed E-state index contributed by atoms with van der Waals surface area (Å²) in [7, 11) is 0. The normalized spacial score (nSPS) is 20.0. The van der Waals surface area contributed by atoms with Gasteiger partial charge in [0.2, 0.25) is 0 Å². The summed E-state index contributed by atoms with van der Waals surface area (Å²) in [5.41, 5.74) is 1.31. The highest BCUT2D eigenvalue weighted by Crippen LogP contribution is 2.23. The van der Waals surface area contributed by atoms with E-state index in [9.17, 15) is 5.11 Å². The van der Waals surface area contributed by atoms with Crippen molar-refractivity contribution in [2.24, 2.45) is 0 Å². The topological polar surface area (TPSA) is 48.4 Å². The number of nitrogens with zero attached hydrogens (tertiary/aromatic N) is 2. The predicted octanol–water partition coefficient (Wildman–Crippen LogP) is 1.93. The fourth-order valence-corrected chi connectivity index (χ4v) is 2.39. The fourth-order valence-electron chi connectivity index (χ4n) is 2.39. The first-order valence-corrected chi connectivity index (χ1v) is 7.07. The molecule has 2 N–H and O–H groups in total. The minimum atomic E-state index is 0.121. The number of pyridine rings is 1. The van der Waals surface area contributed by atoms with Crippen LogP contribution in [0.1, 0.15) is 39.2 Å². The molecule has 1 aliphatic rings. The van der Waals surface area contributed by atoms with E-state index in [4.69, 9.17) is 0 Å². The monoisotopic (exact) mass is 263 g/mol. The lowest BCUT2D eigenvalue weighted by molar-refractivity contribution is 0.266. The molecule has 1 aliphatic heterocycles. The van der Waals surface area contributed by atoms with E-state index in [1.807, 2.05) is 6.20 Å². The molecular weight excluding hydrogens is 238 g/mol. The number of rotatable bonds is 4. The molecule has 0 aromatic carbocycles. The summed E-state index contributed by atoms with van der Waals surface area (Å²) in [4.78, 5) is 6.74. The van der Waals surface area contributed by atoms with Crippen molar-refractivity contribution >= 4 is 5.82 Å². The van der Waals surface area contributed by atoms with Gasteiger partial charge in [0.1, 0.15) is 5.82 Å². The molecule has 0 amide bonds. The summed E-state index contributed by atoms with van der Waals surface area (Å²) >= 11 is 0. The smallest absolute Gasteiger partial charge is 0.128 e. The van der Waals surface area contributed by atoms with Gasteiger partial charge in [-0.2, -0.15) is 0 Å². The number of nitrogens with one attached hydrogen (secondary N) is 1. The van der Waals surface area contributed by atoms with E-state index in [-0.39, 0.29) is 18.2 Å². The first-order valence-electron chi connectivity index (χ1n) is 7.07. The van der Waals surface area contributed by atoms with Gasteiger partial charge in [-0.1, -0.05) is 6.07 Å². The van der Waals surface area contributed by atoms with Crippen molar-refractivity contribution in [2.75, 3.05) is 18.1 Å². The minimum absolute atomic E-state index is 0.121. The van der Waals surface area contributed by atoms with Gasteiger partial charge in [0.15, 0.2) is 0 Å². The Morgan fingerprint density at radius 3 is 2.79 bits per heavy atom. The second kappa shape index (κ2) is 5.88. The second-order valence-electron chi connectivity index (χ2n) is 6.30. The third kappa shape index (κ3) is 3.91. The molecule has 2 heterocycles. The van der Waals surface area contributed by atoms with Gasteiger partial charge in [0.05, 0.1) is 12.6 Å². The first-order chi connectivity index (χ1) is 8.99. The molecule has 4 heteroatoms. The predicted molar refractivity (Wildman–Crippen MR) is 78.3 cm³/mol. The largest absolute Gasteiger partial charge is 0.394 e. The highest BCUT2D eigenvalue weighted by molar-refractivity contribution is 5.41. The molecule has 0 spiro atoms. The quantitative estimate of drug-likeness (QED) is 0.871. The van der Waals surface area contributed by atoms with Crippen LogP contribution in [0.5, 0.6) is 0 Å². The number of hydrogen-bond acceptors (Lipinski definition) is 4. The Morgan fingerprint density at radius 1 is 1.42 bits per heavy atom. The van der Waals surface area contributed by atoms with Crippen LogP contribution in [0.25, 0.3) is 0 Å². The summed E-state index contributed by atoms with van der Waals surface area (Å²) in [6.07, 6.45) is 4.13. The molecule has 1 aromatic rings. The molecule has 0 radical (unpaired) electrons. The SMILES string of the molecule is CC(C)(C)NCc1ccc(N2CCCC2CO)nc1. The second-order valence-corrected chi connectivity index (χ2v) is 6.30. The maximum atomic E-state index is 9.35. The Balaban J connectivity index is 1.98. The minimum Gasteiger partial charge on any atom is -0.394 e. The van der Waals surface area contributed by atoms with Crippen molar-refractivity contribution < 1.29 is 5.11 Å². The Kier molecular flexibility index (Phi) is 4.42. The Labute approximate surface area is 115 Å². The molecule has 1 saturated heterocycles. The van der Waals surface area contributed by atoms with Gasteiger partial charge >= 0.3 is 0 Å². The molecule has 4 nitrogen and oxygen atoms in total. The average molecular weight is 263 g/mol. The van der Waals surface area contributed by atoms with E-state index in [1.165, 1.54) is 5.56 Å². The summed E-state index contributed by atoms with van der Waals surface area (Å²) in [6, 6.07) is 4.42. The zero-order chi connectivity index (χ0) is 13.9. The van der Waals surface area contributed by atoms with Crippen LogP contribution in [-0.4, -0.2) is 34.8 Å². The standard InChI is InChI=1S/C15H25N3O/c1-15(2,3)17-10-12-6-7-14(16-9-12)18-8-4-5-13(18)11-19/h6-7,9,13,17,19H,4-5,8,10-11H2,1-3H3. The summed E-state index contributed by atoms with van der Waals surface area (Å²) in [6.45, 7) is 8.52. The Hall–Kier alpha value is -1.13. The molecule has 1 fully saturated rings. The summed E-state index contributed by atoms with van der Waals surface area (Å²) in [5.74, 6) is 0.982. The van der Waals surface area contributed by atoms with Crippen molar-refractivity contribution in [1.29, 1.82) is 0 Å². The van der Waals surface area contributed by atoms with E-state index in [0.717, 1.165) is 31.7 Å². The van der Waals surface area contributed by atoms with E-state index in [1.54, 1.807) is 0 Å². The number of hydrogen-bond donors (Lipinski definition) is 2. The van der Waals surface area contributed by atoms with Crippen molar-refractivity contribution in [3.05, 3.63) is 23.9 Å². The highest BCUT2D eigenvalue weighted by atomic mass is 16.3. The Morgan fingerprint density at radius 2 is 2.21 bits per heavy atom. The molecule has 106 valence electrons. The highest BCUT2D eigenvalue weighted by Gasteiger charge is 2.24. The molecule has 19 heavy (non-hydrogen) atoms. The van der Waals surface area contributed by atoms with E-state index in [0.29, 0.717) is 0 Å². The summed E-state index contributed by atoms with van der Waals surface area (Å²) < 4.78 is 0. The zero-order valence-corrected chi connectivity index (χ0v) is 12.2.